The molecule has 8 heteroatoms. The van der Waals surface area contributed by atoms with E-state index in [9.17, 15) is 19.0 Å². The van der Waals surface area contributed by atoms with Crippen molar-refractivity contribution in [2.45, 2.75) is 101 Å². The molecule has 2 N–H and O–H groups in total. The Morgan fingerprint density at radius 2 is 1.19 bits per heavy atom. The van der Waals surface area contributed by atoms with Crippen molar-refractivity contribution in [2.24, 2.45) is 11.8 Å². The number of hydrogen-bond acceptors (Lipinski definition) is 4. The predicted molar refractivity (Wildman–Crippen MR) is 206 cm³/mol. The maximum atomic E-state index is 14.8. The fourth-order valence-corrected chi connectivity index (χ4v) is 17.6. The van der Waals surface area contributed by atoms with E-state index in [0.717, 1.165) is 34.8 Å². The largest absolute Gasteiger partial charge is 0.373 e. The van der Waals surface area contributed by atoms with Crippen LogP contribution in [0.5, 0.6) is 0 Å². The van der Waals surface area contributed by atoms with Gasteiger partial charge in [0, 0.05) is 32.2 Å². The van der Waals surface area contributed by atoms with Crippen LogP contribution >= 0.6 is 22.7 Å². The summed E-state index contributed by atoms with van der Waals surface area (Å²) in [4.78, 5) is 0. The van der Waals surface area contributed by atoms with Gasteiger partial charge in [-0.15, -0.1) is 46.9 Å². The first-order valence-corrected chi connectivity index (χ1v) is 23.3. The molecule has 0 spiro atoms. The predicted octanol–water partition coefficient (Wildman–Crippen LogP) is 9.13. The average molecular weight is 719 g/mol. The summed E-state index contributed by atoms with van der Waals surface area (Å²) in [5, 5.41) is 26.9. The number of fused-ring (bicyclic) bond motifs is 4. The highest BCUT2D eigenvalue weighted by molar-refractivity contribution is 7.17. The van der Waals surface area contributed by atoms with Gasteiger partial charge in [0.15, 0.2) is 21.5 Å². The summed E-state index contributed by atoms with van der Waals surface area (Å²) in [5.74, 6) is 5.40. The Bertz CT molecular complexity index is 1850. The summed E-state index contributed by atoms with van der Waals surface area (Å²) in [6.45, 7) is 25.7. The van der Waals surface area contributed by atoms with Gasteiger partial charge in [-0.05, 0) is 69.1 Å². The molecule has 1 aromatic carbocycles. The van der Waals surface area contributed by atoms with Gasteiger partial charge in [-0.3, -0.25) is 0 Å². The Morgan fingerprint density at radius 1 is 0.729 bits per heavy atom. The molecule has 4 unspecified atom stereocenters. The van der Waals surface area contributed by atoms with Gasteiger partial charge >= 0.3 is 0 Å². The summed E-state index contributed by atoms with van der Waals surface area (Å²) in [5.41, 5.74) is 5.90. The summed E-state index contributed by atoms with van der Waals surface area (Å²) in [6.07, 6.45) is 7.65. The monoisotopic (exact) mass is 718 g/mol. The van der Waals surface area contributed by atoms with Crippen molar-refractivity contribution in [1.29, 1.82) is 0 Å². The smallest absolute Gasteiger partial charge is 0.177 e. The molecular formula is C40H48F2O2S2Si2. The van der Waals surface area contributed by atoms with E-state index in [2.05, 4.69) is 91.5 Å². The molecule has 0 radical (unpaired) electrons. The number of allylic oxidation sites excluding steroid dienone is 2. The number of rotatable bonds is 8. The molecule has 2 aliphatic rings. The summed E-state index contributed by atoms with van der Waals surface area (Å²) < 4.78 is 30.9. The Morgan fingerprint density at radius 3 is 1.67 bits per heavy atom. The van der Waals surface area contributed by atoms with Gasteiger partial charge < -0.3 is 10.2 Å². The SMILES string of the molecule is C=CC[Si](C#CC1(O)c2cc3cc(F)sc3cc2C(O)(C#C[Si](CC=C)(C(C)C)C(C)C)C2C=c3cc(F)sc3=CC21)(C(C)C)C(C)C. The van der Waals surface area contributed by atoms with Crippen molar-refractivity contribution >= 4 is 61.1 Å². The van der Waals surface area contributed by atoms with E-state index >= 15 is 0 Å². The van der Waals surface area contributed by atoms with Crippen molar-refractivity contribution in [1.82, 2.24) is 0 Å². The first kappa shape index (κ1) is 36.7. The second-order valence-corrected chi connectivity index (χ2v) is 27.1. The second kappa shape index (κ2) is 13.3. The lowest BCUT2D eigenvalue weighted by atomic mass is 9.58. The zero-order chi connectivity index (χ0) is 35.4. The molecule has 0 aliphatic heterocycles. The number of thiophene rings is 2. The molecule has 2 nitrogen and oxygen atoms in total. The molecule has 0 amide bonds. The van der Waals surface area contributed by atoms with Crippen LogP contribution in [0.4, 0.5) is 8.78 Å². The van der Waals surface area contributed by atoms with Gasteiger partial charge in [0.05, 0.1) is 0 Å². The molecule has 0 bridgehead atoms. The van der Waals surface area contributed by atoms with Crippen LogP contribution in [0, 0.1) is 45.0 Å². The van der Waals surface area contributed by atoms with Crippen LogP contribution in [-0.2, 0) is 11.2 Å². The molecule has 0 saturated heterocycles. The number of hydrogen-bond donors (Lipinski definition) is 2. The van der Waals surface area contributed by atoms with Gasteiger partial charge in [-0.2, -0.15) is 8.78 Å². The fourth-order valence-electron chi connectivity index (χ4n) is 8.17. The molecule has 0 saturated carbocycles. The minimum Gasteiger partial charge on any atom is -0.373 e. The molecule has 3 aromatic rings. The molecule has 4 atom stereocenters. The minimum atomic E-state index is -2.36. The summed E-state index contributed by atoms with van der Waals surface area (Å²) in [6, 6.07) is 8.08. The van der Waals surface area contributed by atoms with E-state index in [0.29, 0.717) is 31.0 Å². The van der Waals surface area contributed by atoms with Crippen molar-refractivity contribution in [2.75, 3.05) is 0 Å². The van der Waals surface area contributed by atoms with Crippen molar-refractivity contribution < 1.29 is 19.0 Å². The van der Waals surface area contributed by atoms with E-state index in [4.69, 9.17) is 0 Å². The topological polar surface area (TPSA) is 40.5 Å². The van der Waals surface area contributed by atoms with Crippen LogP contribution in [0.3, 0.4) is 0 Å². The normalized spacial score (nSPS) is 23.4. The zero-order valence-electron chi connectivity index (χ0n) is 29.4. The maximum Gasteiger partial charge on any atom is 0.177 e. The zero-order valence-corrected chi connectivity index (χ0v) is 33.0. The lowest BCUT2D eigenvalue weighted by Crippen LogP contribution is -2.55. The Kier molecular flexibility index (Phi) is 10.2. The molecule has 5 rings (SSSR count). The third kappa shape index (κ3) is 5.87. The van der Waals surface area contributed by atoms with Crippen LogP contribution in [0.15, 0.2) is 49.6 Å². The van der Waals surface area contributed by atoms with E-state index in [1.807, 2.05) is 24.3 Å². The Balaban J connectivity index is 1.92. The first-order chi connectivity index (χ1) is 22.5. The Labute approximate surface area is 295 Å². The molecular weight excluding hydrogens is 671 g/mol. The summed E-state index contributed by atoms with van der Waals surface area (Å²) in [7, 11) is -4.72. The fraction of sp³-hybridized carbons (Fsp3) is 0.450. The average Bonchev–Trinajstić information content (AvgIpc) is 3.57. The van der Waals surface area contributed by atoms with Crippen LogP contribution in [0.25, 0.3) is 22.2 Å². The van der Waals surface area contributed by atoms with Gasteiger partial charge in [0.2, 0.25) is 0 Å². The Hall–Kier alpha value is -2.57. The molecule has 2 aromatic heterocycles. The highest BCUT2D eigenvalue weighted by Crippen LogP contribution is 2.54. The number of aliphatic hydroxyl groups is 2. The molecule has 0 fully saturated rings. The first-order valence-electron chi connectivity index (χ1n) is 17.0. The van der Waals surface area contributed by atoms with Crippen molar-refractivity contribution in [3.05, 3.63) is 80.7 Å². The standard InChI is InChI=1S/C40H48F2O2S2Si2/c1-11-15-47(25(3)4,26(5)6)17-13-39(43)31-19-29-21-37(41)46-36(29)24-34(31)40(44,14-18-48(16-12-2,27(7)8)28(9)10)32-20-30-22-38(42)45-35(30)23-33(32)39/h11-12,19-28,31,34,43-44H,1-2,15-16H2,3-10H3. The molecule has 254 valence electrons. The van der Waals surface area contributed by atoms with E-state index in [-0.39, 0.29) is 32.4 Å². The van der Waals surface area contributed by atoms with Crippen LogP contribution in [0.1, 0.15) is 66.5 Å². The third-order valence-corrected chi connectivity index (χ3v) is 24.4. The van der Waals surface area contributed by atoms with E-state index in [1.54, 1.807) is 12.1 Å². The highest BCUT2D eigenvalue weighted by Gasteiger charge is 2.57. The molecule has 48 heavy (non-hydrogen) atoms. The lowest BCUT2D eigenvalue weighted by Gasteiger charge is -2.49. The second-order valence-electron chi connectivity index (χ2n) is 15.0. The molecule has 2 heterocycles. The maximum absolute atomic E-state index is 14.8. The van der Waals surface area contributed by atoms with Gasteiger partial charge in [0.1, 0.15) is 16.1 Å². The van der Waals surface area contributed by atoms with Crippen molar-refractivity contribution in [3.63, 3.8) is 0 Å². The number of halogens is 2. The molecule has 2 aliphatic carbocycles. The highest BCUT2D eigenvalue weighted by atomic mass is 32.1. The quantitative estimate of drug-likeness (QED) is 0.139. The van der Waals surface area contributed by atoms with Gasteiger partial charge in [-0.1, -0.05) is 91.5 Å². The van der Waals surface area contributed by atoms with Crippen molar-refractivity contribution in [3.8, 4) is 22.9 Å². The number of benzene rings is 1. The van der Waals surface area contributed by atoms with E-state index in [1.165, 1.54) is 12.1 Å². The van der Waals surface area contributed by atoms with Crippen LogP contribution < -0.4 is 9.75 Å². The summed E-state index contributed by atoms with van der Waals surface area (Å²) >= 11 is 2.02. The van der Waals surface area contributed by atoms with E-state index < -0.39 is 39.2 Å². The van der Waals surface area contributed by atoms with Crippen LogP contribution in [-0.4, -0.2) is 26.4 Å². The minimum absolute atomic E-state index is 0.289. The van der Waals surface area contributed by atoms with Gasteiger partial charge in [-0.25, -0.2) is 0 Å². The van der Waals surface area contributed by atoms with Gasteiger partial charge in [0.25, 0.3) is 0 Å². The van der Waals surface area contributed by atoms with Crippen LogP contribution in [0.2, 0.25) is 34.3 Å². The third-order valence-electron chi connectivity index (χ3n) is 11.3. The lowest BCUT2D eigenvalue weighted by molar-refractivity contribution is -0.0425.